The second kappa shape index (κ2) is 11.3. The third kappa shape index (κ3) is 7.26. The molecule has 0 aromatic heterocycles. The van der Waals surface area contributed by atoms with Crippen LogP contribution in [0.5, 0.6) is 0 Å². The molecule has 4 aromatic rings. The average Bonchev–Trinajstić information content (AvgIpc) is 2.85. The zero-order chi connectivity index (χ0) is 25.5. The highest BCUT2D eigenvalue weighted by Crippen LogP contribution is 2.32. The fraction of sp³-hybridized carbons (Fsp3) is 0.172. The van der Waals surface area contributed by atoms with E-state index in [2.05, 4.69) is 38.3 Å². The van der Waals surface area contributed by atoms with Gasteiger partial charge < -0.3 is 5.43 Å². The quantitative estimate of drug-likeness (QED) is 0.131. The van der Waals surface area contributed by atoms with Crippen LogP contribution in [-0.2, 0) is 15.5 Å². The summed E-state index contributed by atoms with van der Waals surface area (Å²) in [5.74, 6) is 5.27. The molecule has 4 rings (SSSR count). The van der Waals surface area contributed by atoms with Gasteiger partial charge in [0.1, 0.15) is 0 Å². The minimum Gasteiger partial charge on any atom is -0.324 e. The summed E-state index contributed by atoms with van der Waals surface area (Å²) in [5.41, 5.74) is 8.30. The summed E-state index contributed by atoms with van der Waals surface area (Å²) in [6, 6.07) is 34.6. The highest BCUT2D eigenvalue weighted by atomic mass is 32.2. The number of nitrogens with two attached hydrogens (primary N) is 1. The van der Waals surface area contributed by atoms with E-state index in [1.807, 2.05) is 72.8 Å². The van der Waals surface area contributed by atoms with Crippen molar-refractivity contribution in [2.75, 3.05) is 5.43 Å². The van der Waals surface area contributed by atoms with E-state index in [4.69, 9.17) is 10.4 Å². The molecule has 0 spiro atoms. The normalized spacial score (nSPS) is 11.5. The minimum absolute atomic E-state index is 0.00727. The molecule has 0 aliphatic carbocycles. The van der Waals surface area contributed by atoms with E-state index in [0.29, 0.717) is 0 Å². The van der Waals surface area contributed by atoms with Gasteiger partial charge in [-0.2, -0.15) is 8.42 Å². The third-order valence-corrected chi connectivity index (χ3v) is 6.56. The van der Waals surface area contributed by atoms with Crippen molar-refractivity contribution in [3.8, 4) is 0 Å². The number of benzene rings is 4. The van der Waals surface area contributed by atoms with Crippen LogP contribution in [0.4, 0.5) is 5.69 Å². The number of rotatable bonds is 5. The molecule has 0 aliphatic heterocycles. The van der Waals surface area contributed by atoms with E-state index in [1.165, 1.54) is 17.7 Å². The number of hydrazine groups is 1. The van der Waals surface area contributed by atoms with Gasteiger partial charge in [-0.3, -0.25) is 10.4 Å². The summed E-state index contributed by atoms with van der Waals surface area (Å²) in [6.45, 7) is 6.58. The SMILES string of the molecule is CC(C)(C)c1ccc(NN)cc1.O=S(=O)(O)c1ccc(C(c2ccccc2)c2ccccc2)cc1. The van der Waals surface area contributed by atoms with Gasteiger partial charge in [0.15, 0.2) is 0 Å². The first-order chi connectivity index (χ1) is 16.6. The molecule has 0 amide bonds. The first-order valence-corrected chi connectivity index (χ1v) is 12.8. The summed E-state index contributed by atoms with van der Waals surface area (Å²) < 4.78 is 31.5. The lowest BCUT2D eigenvalue weighted by Gasteiger charge is -2.19. The van der Waals surface area contributed by atoms with Crippen LogP contribution in [0.1, 0.15) is 48.9 Å². The van der Waals surface area contributed by atoms with Crippen LogP contribution in [-0.4, -0.2) is 13.0 Å². The summed E-state index contributed by atoms with van der Waals surface area (Å²) in [7, 11) is -4.17. The van der Waals surface area contributed by atoms with Crippen LogP contribution < -0.4 is 11.3 Å². The maximum Gasteiger partial charge on any atom is 0.294 e. The van der Waals surface area contributed by atoms with Crippen LogP contribution in [0.2, 0.25) is 0 Å². The fourth-order valence-electron chi connectivity index (χ4n) is 3.77. The Balaban J connectivity index is 0.000000241. The van der Waals surface area contributed by atoms with E-state index in [9.17, 15) is 8.42 Å². The van der Waals surface area contributed by atoms with Crippen LogP contribution in [0.25, 0.3) is 0 Å². The van der Waals surface area contributed by atoms with E-state index < -0.39 is 10.1 Å². The smallest absolute Gasteiger partial charge is 0.294 e. The summed E-state index contributed by atoms with van der Waals surface area (Å²) in [4.78, 5) is -0.0962. The highest BCUT2D eigenvalue weighted by molar-refractivity contribution is 7.85. The molecule has 0 atom stereocenters. The minimum atomic E-state index is -4.17. The van der Waals surface area contributed by atoms with Gasteiger partial charge >= 0.3 is 0 Å². The molecule has 0 bridgehead atoms. The second-order valence-corrected chi connectivity index (χ2v) is 10.7. The standard InChI is InChI=1S/C19H16O3S.C10H16N2/c20-23(21,22)18-13-11-17(12-14-18)19(15-7-3-1-4-8-15)16-9-5-2-6-10-16;1-10(2,3)8-4-6-9(12-11)7-5-8/h1-14,19H,(H,20,21,22);4-7,12H,11H2,1-3H3. The van der Waals surface area contributed by atoms with Crippen LogP contribution in [0, 0.1) is 0 Å². The van der Waals surface area contributed by atoms with Crippen molar-refractivity contribution in [2.45, 2.75) is 37.0 Å². The van der Waals surface area contributed by atoms with Gasteiger partial charge in [0.25, 0.3) is 10.1 Å². The lowest BCUT2D eigenvalue weighted by molar-refractivity contribution is 0.483. The molecule has 4 N–H and O–H groups in total. The van der Waals surface area contributed by atoms with Gasteiger partial charge in [-0.05, 0) is 51.9 Å². The van der Waals surface area contributed by atoms with E-state index >= 15 is 0 Å². The molecule has 0 radical (unpaired) electrons. The maximum absolute atomic E-state index is 11.2. The van der Waals surface area contributed by atoms with Gasteiger partial charge in [0.05, 0.1) is 4.90 Å². The summed E-state index contributed by atoms with van der Waals surface area (Å²) >= 11 is 0. The molecule has 0 fully saturated rings. The molecule has 0 saturated carbocycles. The van der Waals surface area contributed by atoms with Crippen LogP contribution in [0.3, 0.4) is 0 Å². The zero-order valence-electron chi connectivity index (χ0n) is 20.2. The number of hydrogen-bond acceptors (Lipinski definition) is 4. The topological polar surface area (TPSA) is 92.4 Å². The monoisotopic (exact) mass is 488 g/mol. The Kier molecular flexibility index (Phi) is 8.46. The van der Waals surface area contributed by atoms with E-state index in [-0.39, 0.29) is 16.2 Å². The fourth-order valence-corrected chi connectivity index (χ4v) is 4.25. The Morgan fingerprint density at radius 1 is 0.686 bits per heavy atom. The largest absolute Gasteiger partial charge is 0.324 e. The van der Waals surface area contributed by atoms with Crippen molar-refractivity contribution in [3.05, 3.63) is 131 Å². The number of nitrogen functional groups attached to an aromatic ring is 1. The lowest BCUT2D eigenvalue weighted by Crippen LogP contribution is -2.11. The maximum atomic E-state index is 11.2. The predicted molar refractivity (Wildman–Crippen MR) is 143 cm³/mol. The van der Waals surface area contributed by atoms with Gasteiger partial charge in [0.2, 0.25) is 0 Å². The van der Waals surface area contributed by atoms with Crippen molar-refractivity contribution >= 4 is 15.8 Å². The average molecular weight is 489 g/mol. The second-order valence-electron chi connectivity index (χ2n) is 9.27. The Morgan fingerprint density at radius 2 is 1.11 bits per heavy atom. The summed E-state index contributed by atoms with van der Waals surface area (Å²) in [6.07, 6.45) is 0. The van der Waals surface area contributed by atoms with Gasteiger partial charge in [-0.15, -0.1) is 0 Å². The first-order valence-electron chi connectivity index (χ1n) is 11.3. The number of hydrogen-bond donors (Lipinski definition) is 3. The van der Waals surface area contributed by atoms with Crippen molar-refractivity contribution in [2.24, 2.45) is 5.84 Å². The lowest BCUT2D eigenvalue weighted by atomic mass is 9.85. The molecule has 0 heterocycles. The van der Waals surface area contributed by atoms with Crippen LogP contribution >= 0.6 is 0 Å². The molecule has 35 heavy (non-hydrogen) atoms. The predicted octanol–water partition coefficient (Wildman–Crippen LogP) is 6.38. The molecule has 0 unspecified atom stereocenters. The molecular formula is C29H32N2O3S. The molecule has 0 aliphatic rings. The molecule has 182 valence electrons. The Labute approximate surface area is 208 Å². The van der Waals surface area contributed by atoms with Crippen molar-refractivity contribution in [1.82, 2.24) is 0 Å². The Bertz CT molecular complexity index is 1260. The zero-order valence-corrected chi connectivity index (χ0v) is 21.0. The molecule has 0 saturated heterocycles. The number of nitrogens with one attached hydrogen (secondary N) is 1. The molecule has 5 nitrogen and oxygen atoms in total. The Hall–Kier alpha value is -3.45. The van der Waals surface area contributed by atoms with Crippen molar-refractivity contribution < 1.29 is 13.0 Å². The van der Waals surface area contributed by atoms with Gasteiger partial charge in [-0.25, -0.2) is 0 Å². The number of anilines is 1. The van der Waals surface area contributed by atoms with Gasteiger partial charge in [-0.1, -0.05) is 106 Å². The van der Waals surface area contributed by atoms with Gasteiger partial charge in [0, 0.05) is 11.6 Å². The van der Waals surface area contributed by atoms with E-state index in [1.54, 1.807) is 12.1 Å². The molecular weight excluding hydrogens is 456 g/mol. The van der Waals surface area contributed by atoms with Crippen molar-refractivity contribution in [1.29, 1.82) is 0 Å². The van der Waals surface area contributed by atoms with E-state index in [0.717, 1.165) is 22.4 Å². The van der Waals surface area contributed by atoms with Crippen molar-refractivity contribution in [3.63, 3.8) is 0 Å². The molecule has 4 aromatic carbocycles. The highest BCUT2D eigenvalue weighted by Gasteiger charge is 2.17. The third-order valence-electron chi connectivity index (χ3n) is 5.69. The van der Waals surface area contributed by atoms with Crippen LogP contribution in [0.15, 0.2) is 114 Å². The first kappa shape index (κ1) is 26.2. The summed E-state index contributed by atoms with van der Waals surface area (Å²) in [5, 5.41) is 0. The molecule has 6 heteroatoms. The Morgan fingerprint density at radius 3 is 1.49 bits per heavy atom.